The highest BCUT2D eigenvalue weighted by molar-refractivity contribution is 5.85. The van der Waals surface area contributed by atoms with Gasteiger partial charge in [0.1, 0.15) is 0 Å². The molecule has 0 aliphatic carbocycles. The van der Waals surface area contributed by atoms with Crippen molar-refractivity contribution in [2.75, 3.05) is 26.2 Å². The number of carbonyl (C=O) groups excluding carboxylic acids is 1. The predicted molar refractivity (Wildman–Crippen MR) is 77.1 cm³/mol. The van der Waals surface area contributed by atoms with Crippen molar-refractivity contribution in [3.05, 3.63) is 0 Å². The first-order chi connectivity index (χ1) is 8.07. The molecule has 0 unspecified atom stereocenters. The molecule has 0 spiro atoms. The highest BCUT2D eigenvalue weighted by atomic mass is 35.5. The summed E-state index contributed by atoms with van der Waals surface area (Å²) in [5, 5.41) is 3.37. The molecule has 2 saturated heterocycles. The zero-order chi connectivity index (χ0) is 12.3. The fourth-order valence-corrected chi connectivity index (χ4v) is 2.98. The van der Waals surface area contributed by atoms with Crippen LogP contribution in [0.5, 0.6) is 0 Å². The van der Waals surface area contributed by atoms with E-state index in [9.17, 15) is 4.79 Å². The second-order valence-electron chi connectivity index (χ2n) is 6.46. The Bertz CT molecular complexity index is 275. The molecular weight excluding hydrogens is 248 g/mol. The van der Waals surface area contributed by atoms with Crippen LogP contribution in [-0.4, -0.2) is 37.0 Å². The molecule has 2 aliphatic rings. The van der Waals surface area contributed by atoms with E-state index >= 15 is 0 Å². The number of carbonyl (C=O) groups is 1. The van der Waals surface area contributed by atoms with E-state index in [4.69, 9.17) is 0 Å². The van der Waals surface area contributed by atoms with Crippen LogP contribution < -0.4 is 5.32 Å². The van der Waals surface area contributed by atoms with E-state index in [1.807, 2.05) is 0 Å². The predicted octanol–water partition coefficient (Wildman–Crippen LogP) is 2.45. The average Bonchev–Trinajstić information content (AvgIpc) is 2.68. The Morgan fingerprint density at radius 2 is 2.00 bits per heavy atom. The third-order valence-corrected chi connectivity index (χ3v) is 4.26. The van der Waals surface area contributed by atoms with Crippen LogP contribution in [0.2, 0.25) is 0 Å². The first-order valence-electron chi connectivity index (χ1n) is 7.05. The fourth-order valence-electron chi connectivity index (χ4n) is 2.98. The number of nitrogens with zero attached hydrogens (tertiary/aromatic N) is 1. The summed E-state index contributed by atoms with van der Waals surface area (Å²) in [5.74, 6) is 1.16. The lowest BCUT2D eigenvalue weighted by Gasteiger charge is -2.24. The molecule has 18 heavy (non-hydrogen) atoms. The summed E-state index contributed by atoms with van der Waals surface area (Å²) in [6.07, 6.45) is 5.52. The molecular formula is C14H27ClN2O. The van der Waals surface area contributed by atoms with E-state index in [-0.39, 0.29) is 12.4 Å². The largest absolute Gasteiger partial charge is 0.342 e. The van der Waals surface area contributed by atoms with Gasteiger partial charge in [0.2, 0.25) is 5.91 Å². The van der Waals surface area contributed by atoms with E-state index in [0.717, 1.165) is 51.4 Å². The average molecular weight is 275 g/mol. The van der Waals surface area contributed by atoms with Crippen LogP contribution in [-0.2, 0) is 4.79 Å². The van der Waals surface area contributed by atoms with Gasteiger partial charge in [-0.3, -0.25) is 4.79 Å². The molecule has 3 nitrogen and oxygen atoms in total. The molecule has 0 aromatic heterocycles. The van der Waals surface area contributed by atoms with Crippen molar-refractivity contribution in [3.63, 3.8) is 0 Å². The number of piperidine rings is 1. The van der Waals surface area contributed by atoms with Crippen LogP contribution in [0.15, 0.2) is 0 Å². The van der Waals surface area contributed by atoms with Crippen LogP contribution in [0, 0.1) is 11.3 Å². The maximum Gasteiger partial charge on any atom is 0.222 e. The summed E-state index contributed by atoms with van der Waals surface area (Å²) in [7, 11) is 0. The second kappa shape index (κ2) is 6.76. The van der Waals surface area contributed by atoms with Gasteiger partial charge in [0, 0.05) is 19.5 Å². The molecule has 2 aliphatic heterocycles. The van der Waals surface area contributed by atoms with Crippen molar-refractivity contribution >= 4 is 18.3 Å². The number of likely N-dealkylation sites (tertiary alicyclic amines) is 1. The minimum Gasteiger partial charge on any atom is -0.342 e. The molecule has 2 fully saturated rings. The van der Waals surface area contributed by atoms with Gasteiger partial charge in [0.05, 0.1) is 0 Å². The zero-order valence-corrected chi connectivity index (χ0v) is 12.5. The maximum atomic E-state index is 12.1. The van der Waals surface area contributed by atoms with Crippen molar-refractivity contribution in [1.82, 2.24) is 10.2 Å². The quantitative estimate of drug-likeness (QED) is 0.857. The van der Waals surface area contributed by atoms with Crippen LogP contribution in [0.1, 0.15) is 46.0 Å². The molecule has 1 amide bonds. The molecule has 2 rings (SSSR count). The fraction of sp³-hybridized carbons (Fsp3) is 0.929. The number of halogens is 1. The van der Waals surface area contributed by atoms with Gasteiger partial charge in [-0.1, -0.05) is 13.8 Å². The number of nitrogens with one attached hydrogen (secondary N) is 1. The number of hydrogen-bond donors (Lipinski definition) is 1. The van der Waals surface area contributed by atoms with Gasteiger partial charge in [-0.15, -0.1) is 12.4 Å². The van der Waals surface area contributed by atoms with Crippen molar-refractivity contribution < 1.29 is 4.79 Å². The molecule has 106 valence electrons. The first-order valence-corrected chi connectivity index (χ1v) is 7.05. The Morgan fingerprint density at radius 3 is 2.56 bits per heavy atom. The van der Waals surface area contributed by atoms with Crippen molar-refractivity contribution in [3.8, 4) is 0 Å². The third-order valence-electron chi connectivity index (χ3n) is 4.26. The van der Waals surface area contributed by atoms with Gasteiger partial charge in [-0.25, -0.2) is 0 Å². The SMILES string of the molecule is CC1(C)CCN(C(=O)CCC2CCNCC2)C1.Cl. The van der Waals surface area contributed by atoms with Crippen LogP contribution in [0.3, 0.4) is 0 Å². The van der Waals surface area contributed by atoms with Gasteiger partial charge in [0.15, 0.2) is 0 Å². The first kappa shape index (κ1) is 15.8. The minimum atomic E-state index is 0. The lowest BCUT2D eigenvalue weighted by Crippen LogP contribution is -2.32. The highest BCUT2D eigenvalue weighted by Crippen LogP contribution is 2.29. The maximum absolute atomic E-state index is 12.1. The monoisotopic (exact) mass is 274 g/mol. The third kappa shape index (κ3) is 4.43. The van der Waals surface area contributed by atoms with Gasteiger partial charge < -0.3 is 10.2 Å². The van der Waals surface area contributed by atoms with Crippen molar-refractivity contribution in [2.45, 2.75) is 46.0 Å². The van der Waals surface area contributed by atoms with Gasteiger partial charge >= 0.3 is 0 Å². The Hall–Kier alpha value is -0.280. The van der Waals surface area contributed by atoms with Crippen LogP contribution >= 0.6 is 12.4 Å². The molecule has 0 saturated carbocycles. The lowest BCUT2D eigenvalue weighted by atomic mass is 9.92. The molecule has 0 aromatic carbocycles. The summed E-state index contributed by atoms with van der Waals surface area (Å²) in [5.41, 5.74) is 0.338. The number of hydrogen-bond acceptors (Lipinski definition) is 2. The highest BCUT2D eigenvalue weighted by Gasteiger charge is 2.31. The lowest BCUT2D eigenvalue weighted by molar-refractivity contribution is -0.130. The van der Waals surface area contributed by atoms with E-state index < -0.39 is 0 Å². The molecule has 0 radical (unpaired) electrons. The second-order valence-corrected chi connectivity index (χ2v) is 6.46. The Balaban J connectivity index is 0.00000162. The number of amides is 1. The van der Waals surface area contributed by atoms with Crippen molar-refractivity contribution in [1.29, 1.82) is 0 Å². The molecule has 4 heteroatoms. The molecule has 1 N–H and O–H groups in total. The van der Waals surface area contributed by atoms with Gasteiger partial charge in [0.25, 0.3) is 0 Å². The zero-order valence-electron chi connectivity index (χ0n) is 11.7. The number of rotatable bonds is 3. The standard InChI is InChI=1S/C14H26N2O.ClH/c1-14(2)7-10-16(11-14)13(17)4-3-12-5-8-15-9-6-12;/h12,15H,3-11H2,1-2H3;1H. The van der Waals surface area contributed by atoms with E-state index in [1.54, 1.807) is 0 Å². The van der Waals surface area contributed by atoms with E-state index in [1.165, 1.54) is 12.8 Å². The Labute approximate surface area is 117 Å². The minimum absolute atomic E-state index is 0. The molecule has 0 bridgehead atoms. The summed E-state index contributed by atoms with van der Waals surface area (Å²) >= 11 is 0. The molecule has 2 heterocycles. The molecule has 0 atom stereocenters. The van der Waals surface area contributed by atoms with Gasteiger partial charge in [-0.05, 0) is 50.1 Å². The summed E-state index contributed by atoms with van der Waals surface area (Å²) < 4.78 is 0. The van der Waals surface area contributed by atoms with Crippen molar-refractivity contribution in [2.24, 2.45) is 11.3 Å². The topological polar surface area (TPSA) is 32.3 Å². The summed E-state index contributed by atoms with van der Waals surface area (Å²) in [4.78, 5) is 14.2. The Kier molecular flexibility index (Phi) is 5.93. The Morgan fingerprint density at radius 1 is 1.33 bits per heavy atom. The molecule has 0 aromatic rings. The van der Waals surface area contributed by atoms with Crippen LogP contribution in [0.4, 0.5) is 0 Å². The van der Waals surface area contributed by atoms with Crippen LogP contribution in [0.25, 0.3) is 0 Å². The normalized spacial score (nSPS) is 23.8. The van der Waals surface area contributed by atoms with Gasteiger partial charge in [-0.2, -0.15) is 0 Å². The summed E-state index contributed by atoms with van der Waals surface area (Å²) in [6.45, 7) is 8.71. The van der Waals surface area contributed by atoms with E-state index in [2.05, 4.69) is 24.1 Å². The smallest absolute Gasteiger partial charge is 0.222 e. The van der Waals surface area contributed by atoms with E-state index in [0.29, 0.717) is 11.3 Å². The summed E-state index contributed by atoms with van der Waals surface area (Å²) in [6, 6.07) is 0.